The molecule has 0 radical (unpaired) electrons. The van der Waals surface area contributed by atoms with Crippen molar-refractivity contribution in [2.24, 2.45) is 5.92 Å². The number of aromatic nitrogens is 2. The quantitative estimate of drug-likeness (QED) is 0.655. The van der Waals surface area contributed by atoms with Crippen LogP contribution in [-0.2, 0) is 6.18 Å². The van der Waals surface area contributed by atoms with Crippen LogP contribution in [0.5, 0.6) is 0 Å². The zero-order valence-corrected chi connectivity index (χ0v) is 17.4. The molecule has 0 unspecified atom stereocenters. The van der Waals surface area contributed by atoms with Crippen LogP contribution in [0.3, 0.4) is 0 Å². The van der Waals surface area contributed by atoms with Gasteiger partial charge in [-0.15, -0.1) is 0 Å². The minimum atomic E-state index is -4.75. The number of alkyl halides is 3. The van der Waals surface area contributed by atoms with E-state index in [4.69, 9.17) is 17.3 Å². The van der Waals surface area contributed by atoms with Crippen molar-refractivity contribution >= 4 is 29.0 Å². The minimum Gasteiger partial charge on any atom is -0.383 e. The third-order valence-corrected chi connectivity index (χ3v) is 5.07. The summed E-state index contributed by atoms with van der Waals surface area (Å²) in [6.45, 7) is 6.05. The fourth-order valence-corrected chi connectivity index (χ4v) is 3.70. The molecule has 2 aromatic rings. The molecule has 3 N–H and O–H groups in total. The number of piperazine rings is 1. The summed E-state index contributed by atoms with van der Waals surface area (Å²) in [5.41, 5.74) is 3.67. The molecule has 3 rings (SSSR count). The van der Waals surface area contributed by atoms with Gasteiger partial charge in [-0.25, -0.2) is 9.97 Å². The van der Waals surface area contributed by atoms with Crippen molar-refractivity contribution in [1.82, 2.24) is 15.3 Å². The van der Waals surface area contributed by atoms with E-state index < -0.39 is 23.2 Å². The van der Waals surface area contributed by atoms with Gasteiger partial charge < -0.3 is 16.0 Å². The summed E-state index contributed by atoms with van der Waals surface area (Å²) >= 11 is 5.86. The molecule has 2 aromatic heterocycles. The first kappa shape index (κ1) is 22.3. The fourth-order valence-electron chi connectivity index (χ4n) is 3.55. The van der Waals surface area contributed by atoms with E-state index in [9.17, 15) is 18.0 Å². The summed E-state index contributed by atoms with van der Waals surface area (Å²) in [5.74, 6) is -0.386. The van der Waals surface area contributed by atoms with Gasteiger partial charge in [-0.1, -0.05) is 25.4 Å². The van der Waals surface area contributed by atoms with Crippen molar-refractivity contribution in [3.63, 3.8) is 0 Å². The van der Waals surface area contributed by atoms with Crippen LogP contribution in [0.4, 0.5) is 24.8 Å². The van der Waals surface area contributed by atoms with E-state index >= 15 is 0 Å². The Balaban J connectivity index is 0.00000341. The smallest absolute Gasteiger partial charge is 0.383 e. The van der Waals surface area contributed by atoms with Crippen LogP contribution in [0, 0.1) is 5.92 Å². The first-order chi connectivity index (χ1) is 14.1. The van der Waals surface area contributed by atoms with Crippen LogP contribution in [0.15, 0.2) is 24.4 Å². The third kappa shape index (κ3) is 5.02. The van der Waals surface area contributed by atoms with Gasteiger partial charge in [-0.3, -0.25) is 4.79 Å². The Morgan fingerprint density at radius 3 is 2.83 bits per heavy atom. The molecule has 0 aliphatic carbocycles. The van der Waals surface area contributed by atoms with Gasteiger partial charge in [-0.05, 0) is 30.5 Å². The number of halogens is 4. The molecule has 30 heavy (non-hydrogen) atoms. The SMILES string of the molecule is CC(C)C[C@H]1CN(c2ccc(C(F)(F)F)c(C(=O)c3cc(Cl)cnc3N)n2)CCN1.[HH].[HH].[HH]. The molecule has 0 amide bonds. The lowest BCUT2D eigenvalue weighted by atomic mass is 10.0. The molecule has 6 nitrogen and oxygen atoms in total. The van der Waals surface area contributed by atoms with Crippen molar-refractivity contribution in [1.29, 1.82) is 0 Å². The zero-order chi connectivity index (χ0) is 22.1. The average Bonchev–Trinajstić information content (AvgIpc) is 2.68. The lowest BCUT2D eigenvalue weighted by Crippen LogP contribution is -2.51. The molecule has 1 fully saturated rings. The van der Waals surface area contributed by atoms with Gasteiger partial charge in [0, 0.05) is 36.2 Å². The Morgan fingerprint density at radius 2 is 2.17 bits per heavy atom. The van der Waals surface area contributed by atoms with E-state index in [1.54, 1.807) is 0 Å². The molecule has 1 aliphatic heterocycles. The molecule has 1 aliphatic rings. The van der Waals surface area contributed by atoms with Crippen molar-refractivity contribution in [2.75, 3.05) is 30.3 Å². The van der Waals surface area contributed by atoms with Crippen LogP contribution in [-0.4, -0.2) is 41.4 Å². The van der Waals surface area contributed by atoms with Gasteiger partial charge in [0.15, 0.2) is 0 Å². The average molecular weight is 448 g/mol. The zero-order valence-electron chi connectivity index (χ0n) is 16.6. The Labute approximate surface area is 182 Å². The second kappa shape index (κ2) is 8.77. The normalized spacial score (nSPS) is 17.4. The fraction of sp³-hybridized carbons (Fsp3) is 0.450. The number of pyridine rings is 2. The Hall–Kier alpha value is -2.39. The van der Waals surface area contributed by atoms with E-state index in [-0.39, 0.29) is 26.7 Å². The van der Waals surface area contributed by atoms with Gasteiger partial charge in [-0.2, -0.15) is 13.2 Å². The number of carbonyl (C=O) groups is 1. The Kier molecular flexibility index (Phi) is 6.52. The maximum atomic E-state index is 13.6. The van der Waals surface area contributed by atoms with E-state index in [1.807, 2.05) is 4.90 Å². The van der Waals surface area contributed by atoms with Crippen molar-refractivity contribution in [2.45, 2.75) is 32.5 Å². The van der Waals surface area contributed by atoms with Crippen molar-refractivity contribution in [3.05, 3.63) is 46.2 Å². The number of rotatable bonds is 5. The van der Waals surface area contributed by atoms with Gasteiger partial charge in [0.25, 0.3) is 0 Å². The van der Waals surface area contributed by atoms with Crippen LogP contribution >= 0.6 is 11.6 Å². The van der Waals surface area contributed by atoms with Gasteiger partial charge in [0.2, 0.25) is 5.78 Å². The molecule has 0 spiro atoms. The standard InChI is InChI=1S/C20H23ClF3N5O.3H2/c1-11(2)7-13-10-29(6-5-26-13)16-4-3-15(20(22,23)24)17(28-16)18(30)14-8-12(21)9-27-19(14)25;;;/h3-4,8-9,11,13,26H,5-7,10H2,1-2H3,(H2,25,27);3*1H/t13-;;;/m0.../s1. The van der Waals surface area contributed by atoms with Gasteiger partial charge in [0.05, 0.1) is 16.1 Å². The van der Waals surface area contributed by atoms with Crippen LogP contribution < -0.4 is 16.0 Å². The second-order valence-electron chi connectivity index (χ2n) is 7.71. The van der Waals surface area contributed by atoms with E-state index in [0.29, 0.717) is 31.4 Å². The molecule has 10 heteroatoms. The molecule has 168 valence electrons. The van der Waals surface area contributed by atoms with E-state index in [1.165, 1.54) is 18.3 Å². The number of nitrogens with two attached hydrogens (primary N) is 1. The monoisotopic (exact) mass is 447 g/mol. The number of nitrogens with one attached hydrogen (secondary N) is 1. The maximum absolute atomic E-state index is 13.6. The lowest BCUT2D eigenvalue weighted by Gasteiger charge is -2.35. The van der Waals surface area contributed by atoms with E-state index in [0.717, 1.165) is 12.5 Å². The highest BCUT2D eigenvalue weighted by molar-refractivity contribution is 6.31. The molecule has 1 saturated heterocycles. The minimum absolute atomic E-state index is 0. The van der Waals surface area contributed by atoms with Crippen LogP contribution in [0.2, 0.25) is 5.02 Å². The summed E-state index contributed by atoms with van der Waals surface area (Å²) in [4.78, 5) is 22.7. The molecular formula is C20H29ClF3N5O. The molecule has 0 bridgehead atoms. The topological polar surface area (TPSA) is 84.1 Å². The highest BCUT2D eigenvalue weighted by Crippen LogP contribution is 2.34. The van der Waals surface area contributed by atoms with Crippen molar-refractivity contribution < 1.29 is 22.2 Å². The predicted octanol–water partition coefficient (Wildman–Crippen LogP) is 4.52. The number of hydrogen-bond donors (Lipinski definition) is 2. The predicted molar refractivity (Wildman–Crippen MR) is 116 cm³/mol. The third-order valence-electron chi connectivity index (χ3n) is 4.87. The maximum Gasteiger partial charge on any atom is 0.418 e. The number of nitrogens with zero attached hydrogens (tertiary/aromatic N) is 3. The Morgan fingerprint density at radius 1 is 1.43 bits per heavy atom. The summed E-state index contributed by atoms with van der Waals surface area (Å²) in [7, 11) is 0. The number of carbonyl (C=O) groups excluding carboxylic acids is 1. The summed E-state index contributed by atoms with van der Waals surface area (Å²) in [6.07, 6.45) is -2.60. The largest absolute Gasteiger partial charge is 0.418 e. The molecule has 3 heterocycles. The van der Waals surface area contributed by atoms with Crippen LogP contribution in [0.1, 0.15) is 46.2 Å². The first-order valence-corrected chi connectivity index (χ1v) is 9.96. The molecule has 0 saturated carbocycles. The molecule has 1 atom stereocenters. The van der Waals surface area contributed by atoms with Gasteiger partial charge >= 0.3 is 6.18 Å². The number of ketones is 1. The summed E-state index contributed by atoms with van der Waals surface area (Å²) in [5, 5.41) is 3.50. The lowest BCUT2D eigenvalue weighted by molar-refractivity contribution is -0.138. The first-order valence-electron chi connectivity index (χ1n) is 9.58. The highest BCUT2D eigenvalue weighted by Gasteiger charge is 2.37. The van der Waals surface area contributed by atoms with E-state index in [2.05, 4.69) is 29.1 Å². The number of anilines is 2. The number of hydrogen-bond acceptors (Lipinski definition) is 6. The molecular weight excluding hydrogens is 419 g/mol. The highest BCUT2D eigenvalue weighted by atomic mass is 35.5. The second-order valence-corrected chi connectivity index (χ2v) is 8.14. The van der Waals surface area contributed by atoms with Crippen LogP contribution in [0.25, 0.3) is 0 Å². The Bertz CT molecular complexity index is 950. The summed E-state index contributed by atoms with van der Waals surface area (Å²) in [6, 6.07) is 3.58. The molecule has 0 aromatic carbocycles. The van der Waals surface area contributed by atoms with Gasteiger partial charge in [0.1, 0.15) is 17.3 Å². The van der Waals surface area contributed by atoms with Crippen molar-refractivity contribution in [3.8, 4) is 0 Å². The summed E-state index contributed by atoms with van der Waals surface area (Å²) < 4.78 is 40.8. The number of nitrogen functional groups attached to an aromatic ring is 1.